The number of hydrogen-bond donors (Lipinski definition) is 4. The van der Waals surface area contributed by atoms with Crippen LogP contribution in [0.2, 0.25) is 0 Å². The van der Waals surface area contributed by atoms with Crippen LogP contribution in [0.15, 0.2) is 41.2 Å². The van der Waals surface area contributed by atoms with Gasteiger partial charge in [0.2, 0.25) is 0 Å². The van der Waals surface area contributed by atoms with Gasteiger partial charge in [0.1, 0.15) is 5.75 Å². The van der Waals surface area contributed by atoms with Crippen molar-refractivity contribution in [1.29, 1.82) is 0 Å². The molecule has 7 heteroatoms. The van der Waals surface area contributed by atoms with Gasteiger partial charge >= 0.3 is 5.90 Å². The molecule has 4 N–H and O–H groups in total. The Kier molecular flexibility index (Phi) is 6.95. The molecule has 1 aliphatic rings. The van der Waals surface area contributed by atoms with E-state index in [1.807, 2.05) is 0 Å². The van der Waals surface area contributed by atoms with Gasteiger partial charge in [-0.3, -0.25) is 4.99 Å². The molecule has 2 aromatic carbocycles. The highest BCUT2D eigenvalue weighted by molar-refractivity contribution is 5.71. The number of benzene rings is 2. The van der Waals surface area contributed by atoms with Gasteiger partial charge in [0, 0.05) is 12.6 Å². The maximum Gasteiger partial charge on any atom is 0.325 e. The number of aromatic hydroxyl groups is 1. The van der Waals surface area contributed by atoms with E-state index in [4.69, 9.17) is 0 Å². The van der Waals surface area contributed by atoms with Crippen LogP contribution in [0.25, 0.3) is 0 Å². The van der Waals surface area contributed by atoms with Gasteiger partial charge in [-0.05, 0) is 62.4 Å². The summed E-state index contributed by atoms with van der Waals surface area (Å²) in [7, 11) is 0. The number of aliphatic hydroxyl groups is 2. The summed E-state index contributed by atoms with van der Waals surface area (Å²) in [6, 6.07) is 8.57. The zero-order valence-corrected chi connectivity index (χ0v) is 16.1. The highest BCUT2D eigenvalue weighted by Crippen LogP contribution is 2.22. The van der Waals surface area contributed by atoms with E-state index >= 15 is 0 Å². The molecule has 6 nitrogen and oxygen atoms in total. The van der Waals surface area contributed by atoms with Crippen molar-refractivity contribution in [2.45, 2.75) is 31.8 Å². The van der Waals surface area contributed by atoms with Crippen LogP contribution in [0.3, 0.4) is 0 Å². The monoisotopic (exact) mass is 401 g/mol. The van der Waals surface area contributed by atoms with Gasteiger partial charge in [0.05, 0.1) is 11.8 Å². The Hall–Kier alpha value is -2.77. The summed E-state index contributed by atoms with van der Waals surface area (Å²) in [5.41, 5.74) is 0.649. The largest absolute Gasteiger partial charge is 0.508 e. The van der Waals surface area contributed by atoms with Gasteiger partial charge in [0.15, 0.2) is 0 Å². The first kappa shape index (κ1) is 21.0. The van der Waals surface area contributed by atoms with E-state index in [0.29, 0.717) is 24.1 Å². The summed E-state index contributed by atoms with van der Waals surface area (Å²) in [6.07, 6.45) is 2.00. The SMILES string of the molecule is O=c1[cH-]c([CH-][NH+]=C(O)Cc2ccc(O)cc2)c(C(O)CCN2CCCC2)cc1F. The average molecular weight is 401 g/mol. The standard InChI is InChI=1S/C22H26FN2O4/c23-19-13-18(20(27)7-10-25-8-1-2-9-25)16(12-21(19)28)14-24-22(29)11-15-3-5-17(26)6-4-15/h3-6,12-14,20,24,26-27,29H,1-2,7-11H2/q-1. The Morgan fingerprint density at radius 2 is 1.97 bits per heavy atom. The molecular weight excluding hydrogens is 375 g/mol. The Labute approximate surface area is 168 Å². The molecule has 1 fully saturated rings. The van der Waals surface area contributed by atoms with Crippen molar-refractivity contribution in [2.75, 3.05) is 19.6 Å². The molecule has 0 spiro atoms. The van der Waals surface area contributed by atoms with Gasteiger partial charge in [-0.25, -0.2) is 5.56 Å². The van der Waals surface area contributed by atoms with E-state index in [1.54, 1.807) is 12.1 Å². The smallest absolute Gasteiger partial charge is 0.325 e. The first-order valence-electron chi connectivity index (χ1n) is 9.75. The third-order valence-corrected chi connectivity index (χ3v) is 5.12. The molecule has 1 saturated heterocycles. The Morgan fingerprint density at radius 1 is 1.28 bits per heavy atom. The number of nitrogens with zero attached hydrogens (tertiary/aromatic N) is 1. The lowest BCUT2D eigenvalue weighted by Crippen LogP contribution is -2.70. The molecule has 0 bridgehead atoms. The summed E-state index contributed by atoms with van der Waals surface area (Å²) in [6.45, 7) is 4.10. The van der Waals surface area contributed by atoms with Crippen LogP contribution in [0, 0.1) is 12.4 Å². The molecule has 1 unspecified atom stereocenters. The van der Waals surface area contributed by atoms with Gasteiger partial charge < -0.3 is 29.4 Å². The van der Waals surface area contributed by atoms with Crippen LogP contribution in [-0.4, -0.2) is 45.8 Å². The number of likely N-dealkylation sites (tertiary alicyclic amines) is 1. The molecule has 0 radical (unpaired) electrons. The van der Waals surface area contributed by atoms with Crippen molar-refractivity contribution in [3.63, 3.8) is 0 Å². The van der Waals surface area contributed by atoms with E-state index in [2.05, 4.69) is 9.89 Å². The third-order valence-electron chi connectivity index (χ3n) is 5.12. The molecule has 1 heterocycles. The predicted molar refractivity (Wildman–Crippen MR) is 107 cm³/mol. The van der Waals surface area contributed by atoms with Crippen LogP contribution >= 0.6 is 0 Å². The number of aliphatic hydroxyl groups excluding tert-OH is 2. The quantitative estimate of drug-likeness (QED) is 0.300. The van der Waals surface area contributed by atoms with E-state index in [9.17, 15) is 24.5 Å². The molecule has 2 aromatic rings. The fraction of sp³-hybridized carbons (Fsp3) is 0.364. The van der Waals surface area contributed by atoms with Crippen molar-refractivity contribution in [2.24, 2.45) is 0 Å². The molecule has 29 heavy (non-hydrogen) atoms. The lowest BCUT2D eigenvalue weighted by Gasteiger charge is -2.27. The van der Waals surface area contributed by atoms with Gasteiger partial charge in [-0.2, -0.15) is 17.7 Å². The van der Waals surface area contributed by atoms with Crippen LogP contribution in [0.1, 0.15) is 42.1 Å². The number of nitrogens with one attached hydrogen (secondary N) is 1. The minimum Gasteiger partial charge on any atom is -0.508 e. The van der Waals surface area contributed by atoms with Crippen molar-refractivity contribution in [3.8, 4) is 5.75 Å². The second-order valence-corrected chi connectivity index (χ2v) is 7.34. The number of halogens is 1. The topological polar surface area (TPSA) is 95.0 Å². The normalized spacial score (nSPS) is 16.1. The zero-order chi connectivity index (χ0) is 20.8. The third kappa shape index (κ3) is 5.85. The lowest BCUT2D eigenvalue weighted by atomic mass is 9.99. The van der Waals surface area contributed by atoms with Crippen molar-refractivity contribution in [3.05, 3.63) is 75.7 Å². The molecule has 156 valence electrons. The highest BCUT2D eigenvalue weighted by Gasteiger charge is 2.13. The lowest BCUT2D eigenvalue weighted by molar-refractivity contribution is -0.414. The molecule has 0 aliphatic carbocycles. The summed E-state index contributed by atoms with van der Waals surface area (Å²) < 4.78 is 13.8. The minimum atomic E-state index is -0.919. The summed E-state index contributed by atoms with van der Waals surface area (Å²) >= 11 is 0. The second kappa shape index (κ2) is 9.62. The fourth-order valence-corrected chi connectivity index (χ4v) is 3.48. The Balaban J connectivity index is 1.70. The number of phenols is 1. The molecular formula is C22H26FN2O4-. The van der Waals surface area contributed by atoms with E-state index in [-0.39, 0.29) is 18.1 Å². The summed E-state index contributed by atoms with van der Waals surface area (Å²) in [5, 5.41) is 30.0. The van der Waals surface area contributed by atoms with Gasteiger partial charge in [0.25, 0.3) is 0 Å². The fourth-order valence-electron chi connectivity index (χ4n) is 3.48. The van der Waals surface area contributed by atoms with E-state index in [1.165, 1.54) is 18.7 Å². The molecule has 0 amide bonds. The second-order valence-electron chi connectivity index (χ2n) is 7.34. The van der Waals surface area contributed by atoms with Crippen LogP contribution in [-0.2, 0) is 6.42 Å². The van der Waals surface area contributed by atoms with Crippen LogP contribution in [0.4, 0.5) is 4.39 Å². The van der Waals surface area contributed by atoms with Crippen molar-refractivity contribution < 1.29 is 24.7 Å². The van der Waals surface area contributed by atoms with Crippen molar-refractivity contribution >= 4 is 5.90 Å². The first-order valence-corrected chi connectivity index (χ1v) is 9.75. The Morgan fingerprint density at radius 3 is 2.66 bits per heavy atom. The zero-order valence-electron chi connectivity index (χ0n) is 16.1. The molecule has 3 rings (SSSR count). The van der Waals surface area contributed by atoms with Crippen LogP contribution in [0.5, 0.6) is 5.75 Å². The molecule has 0 aromatic heterocycles. The van der Waals surface area contributed by atoms with Crippen LogP contribution < -0.4 is 10.4 Å². The van der Waals surface area contributed by atoms with Gasteiger partial charge in [-0.15, -0.1) is 0 Å². The van der Waals surface area contributed by atoms with E-state index in [0.717, 1.165) is 43.6 Å². The number of phenolic OH excluding ortho intramolecular Hbond substituents is 1. The first-order chi connectivity index (χ1) is 13.9. The van der Waals surface area contributed by atoms with Gasteiger partial charge in [-0.1, -0.05) is 12.1 Å². The van der Waals surface area contributed by atoms with E-state index < -0.39 is 17.3 Å². The predicted octanol–water partition coefficient (Wildman–Crippen LogP) is 0.919. The minimum absolute atomic E-state index is 0.0787. The number of rotatable bonds is 8. The average Bonchev–Trinajstić information content (AvgIpc) is 3.22. The Bertz CT molecular complexity index is 902. The highest BCUT2D eigenvalue weighted by atomic mass is 19.1. The molecule has 0 saturated carbocycles. The number of hydrogen-bond acceptors (Lipinski definition) is 4. The molecule has 1 aliphatic heterocycles. The summed E-state index contributed by atoms with van der Waals surface area (Å²) in [5.74, 6) is -0.853. The molecule has 1 atom stereocenters. The van der Waals surface area contributed by atoms with Crippen molar-refractivity contribution in [1.82, 2.24) is 4.90 Å². The maximum atomic E-state index is 13.8. The maximum absolute atomic E-state index is 13.8. The summed E-state index contributed by atoms with van der Waals surface area (Å²) in [4.78, 5) is 16.7.